The number of methoxy groups -OCH3 is 1. The summed E-state index contributed by atoms with van der Waals surface area (Å²) in [6, 6.07) is 1.33. The number of amides is 2. The highest BCUT2D eigenvalue weighted by molar-refractivity contribution is 6.04. The molecule has 48 heavy (non-hydrogen) atoms. The summed E-state index contributed by atoms with van der Waals surface area (Å²) in [5.74, 6) is -2.45. The van der Waals surface area contributed by atoms with Crippen LogP contribution >= 0.6 is 0 Å². The van der Waals surface area contributed by atoms with Crippen molar-refractivity contribution in [2.75, 3.05) is 39.6 Å². The second-order valence-electron chi connectivity index (χ2n) is 12.7. The highest BCUT2D eigenvalue weighted by atomic mass is 16.6. The fourth-order valence-corrected chi connectivity index (χ4v) is 5.41. The van der Waals surface area contributed by atoms with E-state index in [1.165, 1.54) is 13.2 Å². The zero-order valence-corrected chi connectivity index (χ0v) is 29.4. The highest BCUT2D eigenvalue weighted by Crippen LogP contribution is 2.40. The van der Waals surface area contributed by atoms with Gasteiger partial charge in [0.15, 0.2) is 11.4 Å². The Morgan fingerprint density at radius 1 is 1.21 bits per heavy atom. The number of carbonyl (C=O) groups excluding carboxylic acids is 3. The van der Waals surface area contributed by atoms with Crippen LogP contribution in [0.4, 0.5) is 16.2 Å². The molecule has 1 aliphatic rings. The first-order chi connectivity index (χ1) is 22.4. The van der Waals surface area contributed by atoms with E-state index in [9.17, 15) is 34.8 Å². The number of quaternary nitrogens is 2. The van der Waals surface area contributed by atoms with Crippen molar-refractivity contribution in [1.29, 1.82) is 0 Å². The summed E-state index contributed by atoms with van der Waals surface area (Å²) in [6.07, 6.45) is 6.32. The number of rotatable bonds is 7. The Morgan fingerprint density at radius 3 is 2.38 bits per heavy atom. The number of nitrogens with one attached hydrogen (secondary N) is 2. The molecule has 2 rings (SSSR count). The third-order valence-corrected chi connectivity index (χ3v) is 7.88. The number of nitrogens with two attached hydrogens (primary N) is 2. The van der Waals surface area contributed by atoms with Crippen molar-refractivity contribution in [1.82, 2.24) is 0 Å². The normalized spacial score (nSPS) is 26.8. The number of primary amides is 1. The summed E-state index contributed by atoms with van der Waals surface area (Å²) in [7, 11) is 5.05. The lowest BCUT2D eigenvalue weighted by Gasteiger charge is -2.29. The number of benzene rings is 1. The predicted octanol–water partition coefficient (Wildman–Crippen LogP) is 0.441. The van der Waals surface area contributed by atoms with E-state index in [-0.39, 0.29) is 41.5 Å². The van der Waals surface area contributed by atoms with Gasteiger partial charge in [0.2, 0.25) is 0 Å². The van der Waals surface area contributed by atoms with E-state index in [4.69, 9.17) is 15.2 Å². The smallest absolute Gasteiger partial charge is 0.405 e. The molecule has 0 unspecified atom stereocenters. The fraction of sp³-hybridized carbons (Fsp3) is 0.514. The van der Waals surface area contributed by atoms with Crippen molar-refractivity contribution >= 4 is 29.3 Å². The van der Waals surface area contributed by atoms with E-state index < -0.39 is 36.3 Å². The van der Waals surface area contributed by atoms with Crippen molar-refractivity contribution in [3.8, 4) is 11.5 Å². The number of carboxylic acids is 1. The van der Waals surface area contributed by atoms with Crippen molar-refractivity contribution in [2.45, 2.75) is 65.8 Å². The number of carboxylic acid groups (broad SMARTS) is 1. The zero-order chi connectivity index (χ0) is 36.7. The largest absolute Gasteiger partial charge is 0.544 e. The van der Waals surface area contributed by atoms with Crippen LogP contribution in [-0.2, 0) is 25.5 Å². The molecule has 13 nitrogen and oxygen atoms in total. The van der Waals surface area contributed by atoms with Gasteiger partial charge in [-0.05, 0) is 44.3 Å². The number of aromatic hydroxyl groups is 2. The fourth-order valence-electron chi connectivity index (χ4n) is 5.41. The number of aliphatic hydroxyl groups excluding tert-OH is 1. The number of likely N-dealkylation sites (N-methyl/N-ethyl adjacent to an activating group) is 1. The number of hydrogen-bond donors (Lipinski definition) is 7. The van der Waals surface area contributed by atoms with E-state index in [2.05, 4.69) is 11.9 Å². The first-order valence-corrected chi connectivity index (χ1v) is 16.0. The minimum Gasteiger partial charge on any atom is -0.544 e. The van der Waals surface area contributed by atoms with Gasteiger partial charge in [0.25, 0.3) is 5.91 Å². The molecule has 9 N–H and O–H groups in total. The number of phenolic OH excluding ortho intramolecular Hbond substituents is 2. The van der Waals surface area contributed by atoms with E-state index in [0.29, 0.717) is 41.8 Å². The molecule has 13 heteroatoms. The van der Waals surface area contributed by atoms with Crippen LogP contribution in [0.2, 0.25) is 0 Å². The lowest BCUT2D eigenvalue weighted by Crippen LogP contribution is -3.07. The van der Waals surface area contributed by atoms with Gasteiger partial charge in [0.1, 0.15) is 18.4 Å². The number of carbonyl (C=O) groups is 3. The molecular formula is C35H55N4O9+. The van der Waals surface area contributed by atoms with E-state index in [1.54, 1.807) is 50.6 Å². The molecule has 6 atom stereocenters. The number of anilines is 1. The van der Waals surface area contributed by atoms with Crippen molar-refractivity contribution in [3.63, 3.8) is 0 Å². The Kier molecular flexibility index (Phi) is 17.7. The maximum absolute atomic E-state index is 13.0. The third-order valence-electron chi connectivity index (χ3n) is 7.88. The van der Waals surface area contributed by atoms with Crippen LogP contribution in [0.5, 0.6) is 11.5 Å². The van der Waals surface area contributed by atoms with Gasteiger partial charge >= 0.3 is 6.09 Å². The van der Waals surface area contributed by atoms with Crippen LogP contribution in [0.15, 0.2) is 54.2 Å². The number of allylic oxidation sites excluding steroid dienone is 2. The Labute approximate surface area is 283 Å². The van der Waals surface area contributed by atoms with E-state index >= 15 is 0 Å². The minimum absolute atomic E-state index is 0.0820. The monoisotopic (exact) mass is 675 g/mol. The molecule has 0 aliphatic carbocycles. The second-order valence-corrected chi connectivity index (χ2v) is 12.7. The van der Waals surface area contributed by atoms with Gasteiger partial charge in [-0.2, -0.15) is 0 Å². The van der Waals surface area contributed by atoms with Gasteiger partial charge in [-0.1, -0.05) is 51.7 Å². The minimum atomic E-state index is -1.000. The molecule has 0 radical (unpaired) electrons. The molecule has 0 spiro atoms. The van der Waals surface area contributed by atoms with Gasteiger partial charge in [-0.25, -0.2) is 4.79 Å². The summed E-state index contributed by atoms with van der Waals surface area (Å²) in [6.45, 7) is 13.4. The number of phenols is 2. The molecule has 2 bridgehead atoms. The maximum atomic E-state index is 13.0. The van der Waals surface area contributed by atoms with Crippen LogP contribution in [0.1, 0.15) is 46.6 Å². The number of aliphatic carboxylic acids is 1. The Bertz CT molecular complexity index is 1360. The van der Waals surface area contributed by atoms with Gasteiger partial charge in [0, 0.05) is 30.6 Å². The number of ether oxygens (including phenoxy) is 2. The predicted molar refractivity (Wildman–Crippen MR) is 181 cm³/mol. The Balaban J connectivity index is 0.00000148. The molecule has 1 heterocycles. The van der Waals surface area contributed by atoms with Gasteiger partial charge in [-0.15, -0.1) is 0 Å². The molecule has 0 fully saturated rings. The van der Waals surface area contributed by atoms with Crippen LogP contribution in [-0.4, -0.2) is 85.9 Å². The first-order valence-electron chi connectivity index (χ1n) is 16.0. The maximum Gasteiger partial charge on any atom is 0.405 e. The lowest BCUT2D eigenvalue weighted by molar-refractivity contribution is -0.852. The number of hydrogen-bond acceptors (Lipinski definition) is 9. The SMILES string of the molecule is C=CC[NH2+]c1c(O)cc2c(O)c1C[C@@H](C)C[C@H](OC)[C@H](O)[C@@H](C)/C=C(\C)[C@H](OC(N)=O)[C@@H](C)/C=C\C=C(/C)C(=O)N2.C[NH+](C)CC(=O)[O-]. The van der Waals surface area contributed by atoms with Gasteiger partial charge < -0.3 is 56.0 Å². The summed E-state index contributed by atoms with van der Waals surface area (Å²) in [5, 5.41) is 47.5. The summed E-state index contributed by atoms with van der Waals surface area (Å²) in [5.41, 5.74) is 7.43. The van der Waals surface area contributed by atoms with Crippen molar-refractivity contribution < 1.29 is 54.5 Å². The van der Waals surface area contributed by atoms with Crippen molar-refractivity contribution in [2.24, 2.45) is 23.5 Å². The number of aliphatic hydroxyl groups is 1. The zero-order valence-electron chi connectivity index (χ0n) is 29.4. The third kappa shape index (κ3) is 13.5. The molecule has 1 aliphatic heterocycles. The van der Waals surface area contributed by atoms with Gasteiger partial charge in [-0.3, -0.25) is 4.79 Å². The van der Waals surface area contributed by atoms with Gasteiger partial charge in [0.05, 0.1) is 50.1 Å². The highest BCUT2D eigenvalue weighted by Gasteiger charge is 2.30. The van der Waals surface area contributed by atoms with Crippen LogP contribution < -0.4 is 26.4 Å². The molecule has 0 saturated carbocycles. The lowest BCUT2D eigenvalue weighted by atomic mass is 9.87. The first kappa shape index (κ1) is 41.9. The summed E-state index contributed by atoms with van der Waals surface area (Å²) in [4.78, 5) is 35.2. The second kappa shape index (κ2) is 20.3. The number of fused-ring (bicyclic) bond motifs is 2. The van der Waals surface area contributed by atoms with Crippen LogP contribution in [0.25, 0.3) is 0 Å². The Hall–Kier alpha value is -4.17. The van der Waals surface area contributed by atoms with E-state index in [0.717, 1.165) is 4.90 Å². The summed E-state index contributed by atoms with van der Waals surface area (Å²) >= 11 is 0. The topological polar surface area (TPSA) is 213 Å². The molecule has 0 aromatic heterocycles. The molecule has 0 saturated heterocycles. The van der Waals surface area contributed by atoms with Crippen LogP contribution in [0, 0.1) is 17.8 Å². The summed E-state index contributed by atoms with van der Waals surface area (Å²) < 4.78 is 11.1. The molecular weight excluding hydrogens is 620 g/mol. The van der Waals surface area contributed by atoms with Crippen molar-refractivity contribution in [3.05, 3.63) is 59.7 Å². The standard InChI is InChI=1S/C31H45N3O7.C4H9NO2/c1-8-12-33-26-22-13-17(2)14-25(40-7)27(36)20(5)15-21(6)29(41-31(32)39)18(3)10-9-11-19(4)30(38)34-23(28(22)37)16-24(26)35;1-5(2)3-4(6)7/h8-11,15-18,20,25,27,29,33,35-37H,1,12-14H2,2-7H3,(H2,32,39)(H,34,38);3H2,1-2H3,(H,6,7)/p+1/b10-9-,19-11+,21-15+;/t17-,18+,20+,25+,27-,29-;/m1./s1. The average molecular weight is 676 g/mol. The van der Waals surface area contributed by atoms with Crippen LogP contribution in [0.3, 0.4) is 0 Å². The quantitative estimate of drug-likeness (QED) is 0.0924. The molecule has 268 valence electrons. The average Bonchev–Trinajstić information content (AvgIpc) is 2.99. The molecule has 2 amide bonds. The molecule has 1 aromatic rings. The van der Waals surface area contributed by atoms with E-state index in [1.807, 2.05) is 33.8 Å². The molecule has 1 aromatic carbocycles. The Morgan fingerprint density at radius 2 is 1.85 bits per heavy atom.